The molecule has 0 aromatic heterocycles. The fourth-order valence-corrected chi connectivity index (χ4v) is 0.706. The number of halogens is 2. The van der Waals surface area contributed by atoms with Gasteiger partial charge in [-0.15, -0.1) is 0 Å². The summed E-state index contributed by atoms with van der Waals surface area (Å²) in [5, 5.41) is 2.58. The van der Waals surface area contributed by atoms with Crippen LogP contribution in [0.15, 0.2) is 0 Å². The van der Waals surface area contributed by atoms with E-state index in [9.17, 15) is 13.6 Å². The molecule has 0 fully saturated rings. The molecule has 0 heterocycles. The summed E-state index contributed by atoms with van der Waals surface area (Å²) in [6, 6.07) is -0.479. The summed E-state index contributed by atoms with van der Waals surface area (Å²) in [4.78, 5) is 12.1. The van der Waals surface area contributed by atoms with E-state index in [0.29, 0.717) is 0 Å². The fraction of sp³-hybridized carbons (Fsp3) is 0.875. The minimum Gasteiger partial charge on any atom is -0.333 e. The minimum atomic E-state index is -2.49. The van der Waals surface area contributed by atoms with Gasteiger partial charge in [-0.2, -0.15) is 0 Å². The van der Waals surface area contributed by atoms with E-state index in [-0.39, 0.29) is 0 Å². The quantitative estimate of drug-likeness (QED) is 0.712. The van der Waals surface area contributed by atoms with E-state index in [1.165, 1.54) is 7.05 Å². The average molecular weight is 194 g/mol. The number of carbonyl (C=O) groups excluding carboxylic acids is 1. The molecule has 0 aliphatic heterocycles. The van der Waals surface area contributed by atoms with Gasteiger partial charge in [0.2, 0.25) is 0 Å². The van der Waals surface area contributed by atoms with Crippen LogP contribution in [-0.4, -0.2) is 36.5 Å². The molecule has 0 saturated heterocycles. The number of hydrogen-bond acceptors (Lipinski definition) is 1. The lowest BCUT2D eigenvalue weighted by atomic mass is 10.1. The van der Waals surface area contributed by atoms with E-state index in [1.807, 2.05) is 0 Å². The molecule has 0 bridgehead atoms. The number of hydrogen-bond donors (Lipinski definition) is 1. The first-order valence-corrected chi connectivity index (χ1v) is 4.04. The molecule has 0 aromatic rings. The van der Waals surface area contributed by atoms with Gasteiger partial charge in [0.25, 0.3) is 6.43 Å². The van der Waals surface area contributed by atoms with Crippen LogP contribution in [0.25, 0.3) is 0 Å². The Hall–Kier alpha value is -0.870. The summed E-state index contributed by atoms with van der Waals surface area (Å²) in [6.45, 7) is 4.84. The summed E-state index contributed by atoms with van der Waals surface area (Å²) in [6.07, 6.45) is -2.49. The summed E-state index contributed by atoms with van der Waals surface area (Å²) in [7, 11) is 1.34. The number of rotatable bonds is 2. The van der Waals surface area contributed by atoms with Gasteiger partial charge < -0.3 is 10.2 Å². The Morgan fingerprint density at radius 2 is 1.92 bits per heavy atom. The molecule has 0 unspecified atom stereocenters. The smallest absolute Gasteiger partial charge is 0.317 e. The van der Waals surface area contributed by atoms with Crippen molar-refractivity contribution in [2.45, 2.75) is 32.7 Å². The third kappa shape index (κ3) is 6.31. The largest absolute Gasteiger partial charge is 0.333 e. The monoisotopic (exact) mass is 194 g/mol. The highest BCUT2D eigenvalue weighted by molar-refractivity contribution is 5.74. The lowest BCUT2D eigenvalue weighted by Crippen LogP contribution is -2.48. The molecule has 13 heavy (non-hydrogen) atoms. The molecular formula is C8H16F2N2O. The zero-order valence-electron chi connectivity index (χ0n) is 8.40. The highest BCUT2D eigenvalue weighted by Crippen LogP contribution is 2.01. The van der Waals surface area contributed by atoms with Crippen molar-refractivity contribution in [3.8, 4) is 0 Å². The topological polar surface area (TPSA) is 32.3 Å². The maximum absolute atomic E-state index is 11.9. The van der Waals surface area contributed by atoms with Crippen LogP contribution in [0, 0.1) is 0 Å². The van der Waals surface area contributed by atoms with Crippen LogP contribution < -0.4 is 5.32 Å². The molecule has 0 aliphatic carbocycles. The third-order valence-electron chi connectivity index (χ3n) is 1.24. The minimum absolute atomic E-state index is 0.395. The number of alkyl halides is 2. The van der Waals surface area contributed by atoms with Crippen LogP contribution in [0.4, 0.5) is 13.6 Å². The zero-order valence-corrected chi connectivity index (χ0v) is 8.40. The highest BCUT2D eigenvalue weighted by Gasteiger charge is 2.18. The van der Waals surface area contributed by atoms with Crippen molar-refractivity contribution in [3.63, 3.8) is 0 Å². The number of urea groups is 1. The lowest BCUT2D eigenvalue weighted by molar-refractivity contribution is 0.106. The number of nitrogens with one attached hydrogen (secondary N) is 1. The standard InChI is InChI=1S/C8H16F2N2O/c1-8(2,3)11-7(13)12(4)5-6(9)10/h6H,5H2,1-4H3,(H,11,13). The Morgan fingerprint density at radius 1 is 1.46 bits per heavy atom. The fourth-order valence-electron chi connectivity index (χ4n) is 0.706. The maximum atomic E-state index is 11.9. The van der Waals surface area contributed by atoms with Gasteiger partial charge in [-0.25, -0.2) is 13.6 Å². The summed E-state index contributed by atoms with van der Waals surface area (Å²) in [5.74, 6) is 0. The molecule has 0 radical (unpaired) electrons. The van der Waals surface area contributed by atoms with Crippen molar-refractivity contribution < 1.29 is 13.6 Å². The van der Waals surface area contributed by atoms with Gasteiger partial charge in [-0.05, 0) is 20.8 Å². The first-order valence-electron chi connectivity index (χ1n) is 4.04. The zero-order chi connectivity index (χ0) is 10.6. The first-order chi connectivity index (χ1) is 5.72. The predicted molar refractivity (Wildman–Crippen MR) is 46.9 cm³/mol. The maximum Gasteiger partial charge on any atom is 0.317 e. The van der Waals surface area contributed by atoms with Crippen molar-refractivity contribution in [2.75, 3.05) is 13.6 Å². The molecule has 0 saturated carbocycles. The van der Waals surface area contributed by atoms with Gasteiger partial charge in [-0.3, -0.25) is 0 Å². The molecule has 0 aromatic carbocycles. The van der Waals surface area contributed by atoms with Crippen LogP contribution in [0.5, 0.6) is 0 Å². The lowest BCUT2D eigenvalue weighted by Gasteiger charge is -2.25. The Morgan fingerprint density at radius 3 is 2.23 bits per heavy atom. The Bertz CT molecular complexity index is 177. The van der Waals surface area contributed by atoms with Gasteiger partial charge >= 0.3 is 6.03 Å². The predicted octanol–water partition coefficient (Wildman–Crippen LogP) is 1.69. The second-order valence-corrected chi connectivity index (χ2v) is 3.95. The van der Waals surface area contributed by atoms with E-state index in [1.54, 1.807) is 20.8 Å². The summed E-state index contributed by atoms with van der Waals surface area (Å²) < 4.78 is 23.7. The molecule has 0 atom stereocenters. The van der Waals surface area contributed by atoms with Crippen LogP contribution >= 0.6 is 0 Å². The third-order valence-corrected chi connectivity index (χ3v) is 1.24. The van der Waals surface area contributed by atoms with E-state index >= 15 is 0 Å². The molecule has 0 aliphatic rings. The Balaban J connectivity index is 3.97. The summed E-state index contributed by atoms with van der Waals surface area (Å²) in [5.41, 5.74) is -0.395. The second-order valence-electron chi connectivity index (χ2n) is 3.95. The average Bonchev–Trinajstić information content (AvgIpc) is 1.81. The Labute approximate surface area is 77.1 Å². The van der Waals surface area contributed by atoms with Gasteiger partial charge in [0.05, 0.1) is 6.54 Å². The van der Waals surface area contributed by atoms with Crippen LogP contribution in [0.1, 0.15) is 20.8 Å². The number of amides is 2. The van der Waals surface area contributed by atoms with Crippen LogP contribution in [-0.2, 0) is 0 Å². The number of nitrogens with zero attached hydrogens (tertiary/aromatic N) is 1. The molecule has 0 spiro atoms. The van der Waals surface area contributed by atoms with Crippen LogP contribution in [0.3, 0.4) is 0 Å². The first kappa shape index (κ1) is 12.1. The van der Waals surface area contributed by atoms with Crippen molar-refractivity contribution >= 4 is 6.03 Å². The normalized spacial score (nSPS) is 11.6. The van der Waals surface area contributed by atoms with Gasteiger partial charge in [0, 0.05) is 12.6 Å². The number of carbonyl (C=O) groups is 1. The van der Waals surface area contributed by atoms with Gasteiger partial charge in [-0.1, -0.05) is 0 Å². The van der Waals surface area contributed by atoms with Gasteiger partial charge in [0.15, 0.2) is 0 Å². The van der Waals surface area contributed by atoms with Crippen LogP contribution in [0.2, 0.25) is 0 Å². The van der Waals surface area contributed by atoms with E-state index in [2.05, 4.69) is 5.32 Å². The van der Waals surface area contributed by atoms with Crippen molar-refractivity contribution in [2.24, 2.45) is 0 Å². The van der Waals surface area contributed by atoms with E-state index in [0.717, 1.165) is 4.90 Å². The SMILES string of the molecule is CN(CC(F)F)C(=O)NC(C)(C)C. The van der Waals surface area contributed by atoms with Crippen molar-refractivity contribution in [3.05, 3.63) is 0 Å². The molecule has 2 amide bonds. The highest BCUT2D eigenvalue weighted by atomic mass is 19.3. The molecule has 5 heteroatoms. The van der Waals surface area contributed by atoms with Crippen molar-refractivity contribution in [1.82, 2.24) is 10.2 Å². The molecule has 3 nitrogen and oxygen atoms in total. The molecule has 1 N–H and O–H groups in total. The second kappa shape index (κ2) is 4.39. The summed E-state index contributed by atoms with van der Waals surface area (Å²) >= 11 is 0. The Kier molecular flexibility index (Phi) is 4.10. The van der Waals surface area contributed by atoms with E-state index < -0.39 is 24.5 Å². The molecule has 0 rings (SSSR count). The van der Waals surface area contributed by atoms with E-state index in [4.69, 9.17) is 0 Å². The molecular weight excluding hydrogens is 178 g/mol. The van der Waals surface area contributed by atoms with Gasteiger partial charge in [0.1, 0.15) is 0 Å². The van der Waals surface area contributed by atoms with Crippen molar-refractivity contribution in [1.29, 1.82) is 0 Å². The molecule has 78 valence electrons.